The standard InChI is InChI=1S/C14H15N3S/c15-17-14(10-4-3-7-16-8-10)12-9-18-13-6-2-1-5-11(12)13/h1-8,12,14,17H,9,15H2. The zero-order valence-corrected chi connectivity index (χ0v) is 10.7. The molecule has 1 aliphatic heterocycles. The molecule has 1 aliphatic rings. The summed E-state index contributed by atoms with van der Waals surface area (Å²) in [6.45, 7) is 0. The maximum absolute atomic E-state index is 5.75. The normalized spacial score (nSPS) is 19.5. The second kappa shape index (κ2) is 5.10. The predicted octanol–water partition coefficient (Wildman–Crippen LogP) is 2.48. The van der Waals surface area contributed by atoms with E-state index >= 15 is 0 Å². The van der Waals surface area contributed by atoms with Crippen LogP contribution in [0, 0.1) is 0 Å². The SMILES string of the molecule is NNC(c1cccnc1)C1CSc2ccccc21. The number of nitrogens with one attached hydrogen (secondary N) is 1. The molecule has 2 unspecified atom stereocenters. The zero-order chi connectivity index (χ0) is 12.4. The maximum atomic E-state index is 5.75. The van der Waals surface area contributed by atoms with Crippen LogP contribution in [-0.4, -0.2) is 10.7 Å². The Morgan fingerprint density at radius 1 is 1.28 bits per heavy atom. The minimum absolute atomic E-state index is 0.120. The quantitative estimate of drug-likeness (QED) is 0.655. The molecule has 0 saturated heterocycles. The van der Waals surface area contributed by atoms with Gasteiger partial charge in [0.05, 0.1) is 6.04 Å². The van der Waals surface area contributed by atoms with Crippen molar-refractivity contribution in [3.63, 3.8) is 0 Å². The number of nitrogens with two attached hydrogens (primary N) is 1. The van der Waals surface area contributed by atoms with Crippen LogP contribution < -0.4 is 11.3 Å². The Kier molecular flexibility index (Phi) is 3.32. The maximum Gasteiger partial charge on any atom is 0.0552 e. The van der Waals surface area contributed by atoms with Crippen LogP contribution in [0.3, 0.4) is 0 Å². The van der Waals surface area contributed by atoms with Gasteiger partial charge in [-0.15, -0.1) is 11.8 Å². The number of fused-ring (bicyclic) bond motifs is 1. The van der Waals surface area contributed by atoms with Crippen molar-refractivity contribution in [3.05, 3.63) is 59.9 Å². The van der Waals surface area contributed by atoms with Crippen molar-refractivity contribution in [2.24, 2.45) is 5.84 Å². The Balaban J connectivity index is 1.95. The molecule has 4 heteroatoms. The molecule has 2 heterocycles. The third kappa shape index (κ3) is 2.03. The molecule has 1 aromatic carbocycles. The van der Waals surface area contributed by atoms with E-state index in [1.54, 1.807) is 6.20 Å². The highest BCUT2D eigenvalue weighted by molar-refractivity contribution is 7.99. The van der Waals surface area contributed by atoms with Crippen molar-refractivity contribution >= 4 is 11.8 Å². The molecule has 2 aromatic rings. The van der Waals surface area contributed by atoms with Gasteiger partial charge in [-0.1, -0.05) is 24.3 Å². The molecular formula is C14H15N3S. The Morgan fingerprint density at radius 2 is 2.17 bits per heavy atom. The van der Waals surface area contributed by atoms with Crippen molar-refractivity contribution in [1.29, 1.82) is 0 Å². The Labute approximate surface area is 111 Å². The Bertz CT molecular complexity index is 530. The van der Waals surface area contributed by atoms with Crippen molar-refractivity contribution in [2.45, 2.75) is 16.9 Å². The summed E-state index contributed by atoms with van der Waals surface area (Å²) in [5.41, 5.74) is 5.47. The van der Waals surface area contributed by atoms with Crippen molar-refractivity contribution < 1.29 is 0 Å². The van der Waals surface area contributed by atoms with Gasteiger partial charge < -0.3 is 0 Å². The number of hydrazine groups is 1. The first-order chi connectivity index (χ1) is 8.90. The fourth-order valence-corrected chi connectivity index (χ4v) is 3.76. The van der Waals surface area contributed by atoms with Crippen LogP contribution in [0.1, 0.15) is 23.1 Å². The average molecular weight is 257 g/mol. The monoisotopic (exact) mass is 257 g/mol. The molecule has 0 aliphatic carbocycles. The molecule has 92 valence electrons. The minimum Gasteiger partial charge on any atom is -0.271 e. The zero-order valence-electron chi connectivity index (χ0n) is 9.91. The largest absolute Gasteiger partial charge is 0.271 e. The van der Waals surface area contributed by atoms with Crippen LogP contribution in [0.5, 0.6) is 0 Å². The molecule has 0 radical (unpaired) electrons. The summed E-state index contributed by atoms with van der Waals surface area (Å²) >= 11 is 1.90. The highest BCUT2D eigenvalue weighted by Gasteiger charge is 2.30. The number of hydrogen-bond acceptors (Lipinski definition) is 4. The predicted molar refractivity (Wildman–Crippen MR) is 74.2 cm³/mol. The van der Waals surface area contributed by atoms with E-state index in [2.05, 4.69) is 40.7 Å². The number of rotatable bonds is 3. The smallest absolute Gasteiger partial charge is 0.0552 e. The molecule has 2 atom stereocenters. The van der Waals surface area contributed by atoms with Gasteiger partial charge in [0, 0.05) is 29.0 Å². The summed E-state index contributed by atoms with van der Waals surface area (Å²) in [5, 5.41) is 0. The third-order valence-electron chi connectivity index (χ3n) is 3.36. The summed E-state index contributed by atoms with van der Waals surface area (Å²) in [6.07, 6.45) is 3.67. The topological polar surface area (TPSA) is 50.9 Å². The molecule has 0 amide bonds. The minimum atomic E-state index is 0.120. The van der Waals surface area contributed by atoms with Crippen LogP contribution in [-0.2, 0) is 0 Å². The van der Waals surface area contributed by atoms with Crippen LogP contribution >= 0.6 is 11.8 Å². The van der Waals surface area contributed by atoms with E-state index in [9.17, 15) is 0 Å². The van der Waals surface area contributed by atoms with E-state index in [4.69, 9.17) is 5.84 Å². The average Bonchev–Trinajstić information content (AvgIpc) is 2.85. The molecule has 0 fully saturated rings. The van der Waals surface area contributed by atoms with Gasteiger partial charge >= 0.3 is 0 Å². The number of nitrogens with zero attached hydrogens (tertiary/aromatic N) is 1. The van der Waals surface area contributed by atoms with Crippen LogP contribution in [0.15, 0.2) is 53.7 Å². The van der Waals surface area contributed by atoms with E-state index < -0.39 is 0 Å². The van der Waals surface area contributed by atoms with Gasteiger partial charge in [0.1, 0.15) is 0 Å². The van der Waals surface area contributed by atoms with E-state index in [-0.39, 0.29) is 6.04 Å². The van der Waals surface area contributed by atoms with Gasteiger partial charge in [-0.05, 0) is 23.3 Å². The van der Waals surface area contributed by atoms with Crippen LogP contribution in [0.25, 0.3) is 0 Å². The van der Waals surface area contributed by atoms with E-state index in [1.165, 1.54) is 10.5 Å². The molecule has 18 heavy (non-hydrogen) atoms. The summed E-state index contributed by atoms with van der Waals surface area (Å²) in [5.74, 6) is 7.22. The number of benzene rings is 1. The van der Waals surface area contributed by atoms with Crippen LogP contribution in [0.4, 0.5) is 0 Å². The van der Waals surface area contributed by atoms with Crippen molar-refractivity contribution in [2.75, 3.05) is 5.75 Å². The lowest BCUT2D eigenvalue weighted by atomic mass is 9.90. The number of aromatic nitrogens is 1. The van der Waals surface area contributed by atoms with E-state index in [0.29, 0.717) is 5.92 Å². The van der Waals surface area contributed by atoms with E-state index in [0.717, 1.165) is 11.3 Å². The molecule has 0 bridgehead atoms. The summed E-state index contributed by atoms with van der Waals surface area (Å²) in [6, 6.07) is 12.7. The van der Waals surface area contributed by atoms with Gasteiger partial charge in [0.25, 0.3) is 0 Å². The summed E-state index contributed by atoms with van der Waals surface area (Å²) in [4.78, 5) is 5.55. The first-order valence-corrected chi connectivity index (χ1v) is 6.96. The molecule has 0 spiro atoms. The molecule has 0 saturated carbocycles. The lowest BCUT2D eigenvalue weighted by Gasteiger charge is -2.23. The molecular weight excluding hydrogens is 242 g/mol. The number of pyridine rings is 1. The lowest BCUT2D eigenvalue weighted by Crippen LogP contribution is -2.32. The van der Waals surface area contributed by atoms with Crippen molar-refractivity contribution in [1.82, 2.24) is 10.4 Å². The second-order valence-corrected chi connectivity index (χ2v) is 5.45. The molecule has 3 N–H and O–H groups in total. The van der Waals surface area contributed by atoms with Crippen LogP contribution in [0.2, 0.25) is 0 Å². The van der Waals surface area contributed by atoms with Crippen molar-refractivity contribution in [3.8, 4) is 0 Å². The van der Waals surface area contributed by atoms with E-state index in [1.807, 2.05) is 24.0 Å². The first-order valence-electron chi connectivity index (χ1n) is 5.98. The van der Waals surface area contributed by atoms with Gasteiger partial charge in [-0.25, -0.2) is 0 Å². The molecule has 3 nitrogen and oxygen atoms in total. The summed E-state index contributed by atoms with van der Waals surface area (Å²) < 4.78 is 0. The first kappa shape index (κ1) is 11.7. The highest BCUT2D eigenvalue weighted by atomic mass is 32.2. The Hall–Kier alpha value is -1.36. The van der Waals surface area contributed by atoms with Gasteiger partial charge in [-0.2, -0.15) is 0 Å². The Morgan fingerprint density at radius 3 is 2.94 bits per heavy atom. The molecule has 1 aromatic heterocycles. The third-order valence-corrected chi connectivity index (χ3v) is 4.57. The van der Waals surface area contributed by atoms with Gasteiger partial charge in [0.15, 0.2) is 0 Å². The van der Waals surface area contributed by atoms with Gasteiger partial charge in [0.2, 0.25) is 0 Å². The number of hydrogen-bond donors (Lipinski definition) is 2. The highest BCUT2D eigenvalue weighted by Crippen LogP contribution is 2.44. The van der Waals surface area contributed by atoms with Gasteiger partial charge in [-0.3, -0.25) is 16.3 Å². The second-order valence-electron chi connectivity index (χ2n) is 4.39. The number of thioether (sulfide) groups is 1. The lowest BCUT2D eigenvalue weighted by molar-refractivity contribution is 0.484. The fraction of sp³-hybridized carbons (Fsp3) is 0.214. The molecule has 3 rings (SSSR count). The fourth-order valence-electron chi connectivity index (χ4n) is 2.47. The summed E-state index contributed by atoms with van der Waals surface area (Å²) in [7, 11) is 0.